The fraction of sp³-hybridized carbons (Fsp3) is 0.200. The smallest absolute Gasteiger partial charge is 0.261 e. The monoisotopic (exact) mass is 361 g/mol. The molecule has 0 saturated carbocycles. The maximum Gasteiger partial charge on any atom is 0.261 e. The molecule has 0 fully saturated rings. The Bertz CT molecular complexity index is 1090. The number of rotatable bonds is 5. The van der Waals surface area contributed by atoms with Crippen molar-refractivity contribution >= 4 is 22.4 Å². The first-order valence-corrected chi connectivity index (χ1v) is 8.71. The van der Waals surface area contributed by atoms with Gasteiger partial charge in [0, 0.05) is 23.0 Å². The summed E-state index contributed by atoms with van der Waals surface area (Å²) < 4.78 is 10.9. The van der Waals surface area contributed by atoms with E-state index in [-0.39, 0.29) is 0 Å². The van der Waals surface area contributed by atoms with Crippen LogP contribution in [0.25, 0.3) is 22.5 Å². The number of fused-ring (bicyclic) bond motifs is 1. The highest BCUT2D eigenvalue weighted by molar-refractivity contribution is 5.98. The third-order valence-corrected chi connectivity index (χ3v) is 4.06. The van der Waals surface area contributed by atoms with E-state index in [1.807, 2.05) is 50.2 Å². The van der Waals surface area contributed by atoms with Gasteiger partial charge in [-0.3, -0.25) is 0 Å². The van der Waals surface area contributed by atoms with E-state index in [9.17, 15) is 0 Å². The lowest BCUT2D eigenvalue weighted by atomic mass is 10.1. The molecule has 27 heavy (non-hydrogen) atoms. The topological polar surface area (TPSA) is 86.0 Å². The summed E-state index contributed by atoms with van der Waals surface area (Å²) in [4.78, 5) is 13.3. The predicted octanol–water partition coefficient (Wildman–Crippen LogP) is 4.44. The highest BCUT2D eigenvalue weighted by Crippen LogP contribution is 2.34. The molecule has 0 aliphatic heterocycles. The van der Waals surface area contributed by atoms with Gasteiger partial charge in [-0.25, -0.2) is 9.97 Å². The third kappa shape index (κ3) is 3.44. The van der Waals surface area contributed by atoms with Gasteiger partial charge >= 0.3 is 0 Å². The van der Waals surface area contributed by atoms with E-state index in [1.54, 1.807) is 13.1 Å². The fourth-order valence-electron chi connectivity index (χ4n) is 2.82. The van der Waals surface area contributed by atoms with Crippen LogP contribution in [0, 0.1) is 13.8 Å². The maximum atomic E-state index is 5.51. The lowest BCUT2D eigenvalue weighted by Gasteiger charge is -2.13. The van der Waals surface area contributed by atoms with Gasteiger partial charge in [-0.05, 0) is 57.2 Å². The molecular formula is C20H19N5O2. The molecule has 0 spiro atoms. The molecule has 0 saturated heterocycles. The highest BCUT2D eigenvalue weighted by Gasteiger charge is 2.17. The summed E-state index contributed by atoms with van der Waals surface area (Å²) in [5, 5.41) is 8.22. The van der Waals surface area contributed by atoms with Gasteiger partial charge in [0.05, 0.1) is 17.9 Å². The number of nitrogens with zero attached hydrogens (tertiary/aromatic N) is 4. The molecule has 7 heteroatoms. The summed E-state index contributed by atoms with van der Waals surface area (Å²) in [5.74, 6) is 1.81. The second-order valence-corrected chi connectivity index (χ2v) is 6.10. The van der Waals surface area contributed by atoms with Crippen LogP contribution >= 0.6 is 0 Å². The normalized spacial score (nSPS) is 10.9. The number of anilines is 2. The van der Waals surface area contributed by atoms with Crippen LogP contribution < -0.4 is 10.1 Å². The van der Waals surface area contributed by atoms with Crippen molar-refractivity contribution in [1.82, 2.24) is 20.1 Å². The van der Waals surface area contributed by atoms with Crippen LogP contribution in [-0.2, 0) is 0 Å². The average molecular weight is 361 g/mol. The van der Waals surface area contributed by atoms with Gasteiger partial charge in [0.25, 0.3) is 5.89 Å². The van der Waals surface area contributed by atoms with Crippen molar-refractivity contribution in [2.75, 3.05) is 11.9 Å². The first-order chi connectivity index (χ1) is 13.1. The van der Waals surface area contributed by atoms with Gasteiger partial charge in [0.1, 0.15) is 5.75 Å². The standard InChI is InChI=1S/C20H19N5O2/c1-4-26-15-8-6-14(7-9-15)24-18-16-10-5-12(2)22-19(16)21-11-17(18)20-23-13(3)25-27-20/h5-11H,4H2,1-3H3,(H,21,22,24). The van der Waals surface area contributed by atoms with Gasteiger partial charge in [0.15, 0.2) is 11.5 Å². The number of aromatic nitrogens is 4. The Balaban J connectivity index is 1.82. The van der Waals surface area contributed by atoms with E-state index in [1.165, 1.54) is 0 Å². The van der Waals surface area contributed by atoms with Crippen molar-refractivity contribution in [3.05, 3.63) is 54.1 Å². The lowest BCUT2D eigenvalue weighted by Crippen LogP contribution is -1.99. The Morgan fingerprint density at radius 2 is 1.85 bits per heavy atom. The van der Waals surface area contributed by atoms with Crippen LogP contribution in [0.1, 0.15) is 18.4 Å². The van der Waals surface area contributed by atoms with Crippen molar-refractivity contribution in [1.29, 1.82) is 0 Å². The third-order valence-electron chi connectivity index (χ3n) is 4.06. The second-order valence-electron chi connectivity index (χ2n) is 6.10. The van der Waals surface area contributed by atoms with Crippen molar-refractivity contribution in [2.45, 2.75) is 20.8 Å². The van der Waals surface area contributed by atoms with Gasteiger partial charge < -0.3 is 14.6 Å². The van der Waals surface area contributed by atoms with Gasteiger partial charge in [-0.15, -0.1) is 0 Å². The summed E-state index contributed by atoms with van der Waals surface area (Å²) in [5.41, 5.74) is 4.01. The lowest BCUT2D eigenvalue weighted by molar-refractivity contribution is 0.340. The minimum atomic E-state index is 0.413. The van der Waals surface area contributed by atoms with Crippen LogP contribution in [0.2, 0.25) is 0 Å². The first-order valence-electron chi connectivity index (χ1n) is 8.71. The van der Waals surface area contributed by atoms with Crippen molar-refractivity contribution in [3.8, 4) is 17.2 Å². The molecule has 4 rings (SSSR count). The molecule has 0 atom stereocenters. The van der Waals surface area contributed by atoms with Crippen molar-refractivity contribution < 1.29 is 9.26 Å². The van der Waals surface area contributed by atoms with Gasteiger partial charge in [0.2, 0.25) is 0 Å². The number of nitrogens with one attached hydrogen (secondary N) is 1. The zero-order valence-corrected chi connectivity index (χ0v) is 15.4. The first kappa shape index (κ1) is 17.0. The number of hydrogen-bond acceptors (Lipinski definition) is 7. The van der Waals surface area contributed by atoms with Crippen molar-refractivity contribution in [2.24, 2.45) is 0 Å². The molecule has 0 amide bonds. The highest BCUT2D eigenvalue weighted by atomic mass is 16.5. The molecular weight excluding hydrogens is 342 g/mol. The molecule has 1 aromatic carbocycles. The molecule has 1 N–H and O–H groups in total. The van der Waals surface area contributed by atoms with Crippen LogP contribution in [-0.4, -0.2) is 26.7 Å². The minimum absolute atomic E-state index is 0.413. The van der Waals surface area contributed by atoms with E-state index >= 15 is 0 Å². The Labute approximate surface area is 156 Å². The Kier molecular flexibility index (Phi) is 4.42. The predicted molar refractivity (Wildman–Crippen MR) is 103 cm³/mol. The van der Waals surface area contributed by atoms with E-state index in [4.69, 9.17) is 9.26 Å². The number of hydrogen-bond donors (Lipinski definition) is 1. The number of benzene rings is 1. The molecule has 7 nitrogen and oxygen atoms in total. The molecule has 0 bridgehead atoms. The summed E-state index contributed by atoms with van der Waals surface area (Å²) in [7, 11) is 0. The molecule has 0 radical (unpaired) electrons. The fourth-order valence-corrected chi connectivity index (χ4v) is 2.82. The number of ether oxygens (including phenoxy) is 1. The van der Waals surface area contributed by atoms with Crippen LogP contribution in [0.5, 0.6) is 5.75 Å². The zero-order valence-electron chi connectivity index (χ0n) is 15.4. The minimum Gasteiger partial charge on any atom is -0.494 e. The van der Waals surface area contributed by atoms with E-state index in [0.717, 1.165) is 33.8 Å². The molecule has 136 valence electrons. The van der Waals surface area contributed by atoms with Gasteiger partial charge in [-0.2, -0.15) is 4.98 Å². The van der Waals surface area contributed by atoms with Crippen LogP contribution in [0.15, 0.2) is 47.1 Å². The summed E-state index contributed by atoms with van der Waals surface area (Å²) in [6.07, 6.45) is 1.71. The Hall–Kier alpha value is -3.48. The largest absolute Gasteiger partial charge is 0.494 e. The second kappa shape index (κ2) is 7.03. The zero-order chi connectivity index (χ0) is 18.8. The molecule has 0 aliphatic carbocycles. The van der Waals surface area contributed by atoms with Crippen LogP contribution in [0.3, 0.4) is 0 Å². The summed E-state index contributed by atoms with van der Waals surface area (Å²) in [6, 6.07) is 11.7. The van der Waals surface area contributed by atoms with E-state index in [2.05, 4.69) is 25.4 Å². The maximum absolute atomic E-state index is 5.51. The van der Waals surface area contributed by atoms with Crippen LogP contribution in [0.4, 0.5) is 11.4 Å². The summed E-state index contributed by atoms with van der Waals surface area (Å²) in [6.45, 7) is 6.32. The molecule has 3 heterocycles. The number of pyridine rings is 2. The SMILES string of the molecule is CCOc1ccc(Nc2c(-c3nc(C)no3)cnc3nc(C)ccc23)cc1. The molecule has 4 aromatic rings. The van der Waals surface area contributed by atoms with Crippen molar-refractivity contribution in [3.63, 3.8) is 0 Å². The van der Waals surface area contributed by atoms with E-state index in [0.29, 0.717) is 24.0 Å². The average Bonchev–Trinajstić information content (AvgIpc) is 3.09. The summed E-state index contributed by atoms with van der Waals surface area (Å²) >= 11 is 0. The van der Waals surface area contributed by atoms with E-state index < -0.39 is 0 Å². The quantitative estimate of drug-likeness (QED) is 0.562. The number of aryl methyl sites for hydroxylation is 2. The van der Waals surface area contributed by atoms with Gasteiger partial charge in [-0.1, -0.05) is 5.16 Å². The Morgan fingerprint density at radius 3 is 2.56 bits per heavy atom. The molecule has 3 aromatic heterocycles. The molecule has 0 aliphatic rings. The Morgan fingerprint density at radius 1 is 1.04 bits per heavy atom. The molecule has 0 unspecified atom stereocenters.